The van der Waals surface area contributed by atoms with Crippen LogP contribution in [0.3, 0.4) is 0 Å². The van der Waals surface area contributed by atoms with Gasteiger partial charge in [0.2, 0.25) is 15.8 Å². The van der Waals surface area contributed by atoms with E-state index in [1.165, 1.54) is 6.20 Å². The van der Waals surface area contributed by atoms with Crippen molar-refractivity contribution in [3.63, 3.8) is 0 Å². The summed E-state index contributed by atoms with van der Waals surface area (Å²) in [6.07, 6.45) is 2.12. The molecule has 1 aliphatic rings. The number of rotatable bonds is 4. The maximum atomic E-state index is 12.8. The first-order chi connectivity index (χ1) is 12.3. The average molecular weight is 374 g/mol. The van der Waals surface area contributed by atoms with E-state index in [1.54, 1.807) is 24.3 Å². The Bertz CT molecular complexity index is 914. The van der Waals surface area contributed by atoms with Crippen molar-refractivity contribution >= 4 is 27.4 Å². The molecule has 1 fully saturated rings. The second kappa shape index (κ2) is 7.03. The molecule has 8 heteroatoms. The topological polar surface area (TPSA) is 106 Å². The molecule has 0 saturated carbocycles. The van der Waals surface area contributed by atoms with E-state index in [4.69, 9.17) is 5.73 Å². The van der Waals surface area contributed by atoms with Crippen LogP contribution in [0.1, 0.15) is 38.2 Å². The molecular weight excluding hydrogens is 352 g/mol. The fraction of sp³-hybridized carbons (Fsp3) is 0.389. The summed E-state index contributed by atoms with van der Waals surface area (Å²) >= 11 is 0. The number of piperidine rings is 1. The molecule has 0 radical (unpaired) electrons. The first-order valence-corrected chi connectivity index (χ1v) is 10.0. The van der Waals surface area contributed by atoms with Gasteiger partial charge in [-0.15, -0.1) is 0 Å². The van der Waals surface area contributed by atoms with Crippen LogP contribution in [0, 0.1) is 0 Å². The smallest absolute Gasteiger partial charge is 0.227 e. The molecule has 2 heterocycles. The number of hydrogen-bond donors (Lipinski definition) is 1. The van der Waals surface area contributed by atoms with Crippen LogP contribution in [0.15, 0.2) is 40.3 Å². The van der Waals surface area contributed by atoms with Crippen LogP contribution in [0.4, 0.5) is 11.8 Å². The first-order valence-electron chi connectivity index (χ1n) is 8.53. The quantitative estimate of drug-likeness (QED) is 0.874. The number of hydrogen-bond acceptors (Lipinski definition) is 7. The van der Waals surface area contributed by atoms with Crippen LogP contribution in [0.2, 0.25) is 0 Å². The first kappa shape index (κ1) is 18.3. The van der Waals surface area contributed by atoms with Gasteiger partial charge in [-0.1, -0.05) is 26.0 Å². The average Bonchev–Trinajstić information content (AvgIpc) is 2.62. The molecule has 0 spiro atoms. The predicted molar refractivity (Wildman–Crippen MR) is 98.9 cm³/mol. The van der Waals surface area contributed by atoms with Gasteiger partial charge in [-0.3, -0.25) is 4.79 Å². The summed E-state index contributed by atoms with van der Waals surface area (Å²) < 4.78 is 25.7. The zero-order valence-corrected chi connectivity index (χ0v) is 15.7. The number of anilines is 2. The van der Waals surface area contributed by atoms with Crippen molar-refractivity contribution in [2.24, 2.45) is 0 Å². The summed E-state index contributed by atoms with van der Waals surface area (Å²) in [5, 5.41) is 0. The molecule has 0 aliphatic carbocycles. The largest absolute Gasteiger partial charge is 0.382 e. The lowest BCUT2D eigenvalue weighted by Gasteiger charge is -2.26. The molecule has 2 aromatic rings. The Hall–Kier alpha value is -2.48. The molecule has 3 rings (SSSR count). The minimum atomic E-state index is -3.79. The highest BCUT2D eigenvalue weighted by Gasteiger charge is 2.25. The standard InChI is InChI=1S/C18H22N4O3S/c1-12(2)13-3-5-15(6-4-13)26(24,25)16-11-20-18(21-17(16)19)22-9-7-14(23)8-10-22/h3-6,11-12H,7-10H2,1-2H3,(H2,19,20,21). The minimum Gasteiger partial charge on any atom is -0.382 e. The minimum absolute atomic E-state index is 0.0835. The van der Waals surface area contributed by atoms with Crippen LogP contribution in [-0.4, -0.2) is 37.3 Å². The fourth-order valence-corrected chi connectivity index (χ4v) is 4.11. The molecule has 1 saturated heterocycles. The van der Waals surface area contributed by atoms with Crippen LogP contribution in [0.25, 0.3) is 0 Å². The van der Waals surface area contributed by atoms with Crippen molar-refractivity contribution < 1.29 is 13.2 Å². The highest BCUT2D eigenvalue weighted by molar-refractivity contribution is 7.91. The third-order valence-corrected chi connectivity index (χ3v) is 6.31. The van der Waals surface area contributed by atoms with Gasteiger partial charge in [-0.2, -0.15) is 4.98 Å². The summed E-state index contributed by atoms with van der Waals surface area (Å²) in [7, 11) is -3.79. The van der Waals surface area contributed by atoms with E-state index >= 15 is 0 Å². The summed E-state index contributed by atoms with van der Waals surface area (Å²) in [6, 6.07) is 6.75. The number of nitrogens with zero attached hydrogens (tertiary/aromatic N) is 3. The summed E-state index contributed by atoms with van der Waals surface area (Å²) in [4.78, 5) is 21.6. The van der Waals surface area contributed by atoms with E-state index in [9.17, 15) is 13.2 Å². The third-order valence-electron chi connectivity index (χ3n) is 4.52. The van der Waals surface area contributed by atoms with Gasteiger partial charge in [0, 0.05) is 25.9 Å². The van der Waals surface area contributed by atoms with Crippen molar-refractivity contribution in [1.82, 2.24) is 9.97 Å². The molecular formula is C18H22N4O3S. The Kier molecular flexibility index (Phi) is 4.95. The number of aromatic nitrogens is 2. The molecule has 0 bridgehead atoms. The monoisotopic (exact) mass is 374 g/mol. The lowest BCUT2D eigenvalue weighted by Crippen LogP contribution is -2.35. The molecule has 1 aliphatic heterocycles. The number of benzene rings is 1. The Morgan fingerprint density at radius 2 is 1.73 bits per heavy atom. The molecule has 0 atom stereocenters. The molecule has 138 valence electrons. The molecule has 1 aromatic heterocycles. The number of carbonyl (C=O) groups excluding carboxylic acids is 1. The molecule has 0 unspecified atom stereocenters. The van der Waals surface area contributed by atoms with Crippen molar-refractivity contribution in [1.29, 1.82) is 0 Å². The van der Waals surface area contributed by atoms with Gasteiger partial charge in [0.1, 0.15) is 16.5 Å². The van der Waals surface area contributed by atoms with E-state index < -0.39 is 9.84 Å². The van der Waals surface area contributed by atoms with Gasteiger partial charge in [0.15, 0.2) is 0 Å². The van der Waals surface area contributed by atoms with E-state index in [-0.39, 0.29) is 21.4 Å². The Labute approximate surface area is 153 Å². The predicted octanol–water partition coefficient (Wildman–Crippen LogP) is 2.18. The van der Waals surface area contributed by atoms with Gasteiger partial charge in [-0.05, 0) is 23.6 Å². The van der Waals surface area contributed by atoms with Crippen molar-refractivity contribution in [3.8, 4) is 0 Å². The van der Waals surface area contributed by atoms with Crippen LogP contribution >= 0.6 is 0 Å². The Morgan fingerprint density at radius 1 is 1.12 bits per heavy atom. The molecule has 26 heavy (non-hydrogen) atoms. The number of nitrogen functional groups attached to an aromatic ring is 1. The highest BCUT2D eigenvalue weighted by atomic mass is 32.2. The maximum absolute atomic E-state index is 12.8. The van der Waals surface area contributed by atoms with Crippen molar-refractivity contribution in [2.45, 2.75) is 42.4 Å². The van der Waals surface area contributed by atoms with Gasteiger partial charge in [0.05, 0.1) is 11.1 Å². The van der Waals surface area contributed by atoms with Gasteiger partial charge < -0.3 is 10.6 Å². The summed E-state index contributed by atoms with van der Waals surface area (Å²) in [5.74, 6) is 0.790. The second-order valence-electron chi connectivity index (χ2n) is 6.67. The molecule has 2 N–H and O–H groups in total. The van der Waals surface area contributed by atoms with Gasteiger partial charge >= 0.3 is 0 Å². The summed E-state index contributed by atoms with van der Waals surface area (Å²) in [5.41, 5.74) is 6.99. The van der Waals surface area contributed by atoms with Gasteiger partial charge in [-0.25, -0.2) is 13.4 Å². The fourth-order valence-electron chi connectivity index (χ4n) is 2.85. The second-order valence-corrected chi connectivity index (χ2v) is 8.59. The van der Waals surface area contributed by atoms with Crippen LogP contribution in [-0.2, 0) is 14.6 Å². The number of nitrogens with two attached hydrogens (primary N) is 1. The molecule has 7 nitrogen and oxygen atoms in total. The maximum Gasteiger partial charge on any atom is 0.227 e. The lowest BCUT2D eigenvalue weighted by molar-refractivity contribution is -0.119. The highest BCUT2D eigenvalue weighted by Crippen LogP contribution is 2.27. The van der Waals surface area contributed by atoms with Gasteiger partial charge in [0.25, 0.3) is 0 Å². The van der Waals surface area contributed by atoms with E-state index in [1.807, 2.05) is 18.7 Å². The zero-order valence-electron chi connectivity index (χ0n) is 14.8. The van der Waals surface area contributed by atoms with Crippen molar-refractivity contribution in [2.75, 3.05) is 23.7 Å². The number of Topliss-reactive ketones (excluding diaryl/α,β-unsaturated/α-hetero) is 1. The van der Waals surface area contributed by atoms with Crippen LogP contribution in [0.5, 0.6) is 0 Å². The summed E-state index contributed by atoms with van der Waals surface area (Å²) in [6.45, 7) is 5.12. The third kappa shape index (κ3) is 3.55. The Morgan fingerprint density at radius 3 is 2.27 bits per heavy atom. The number of sulfone groups is 1. The van der Waals surface area contributed by atoms with Crippen molar-refractivity contribution in [3.05, 3.63) is 36.0 Å². The normalized spacial score (nSPS) is 15.5. The van der Waals surface area contributed by atoms with E-state index in [0.717, 1.165) is 5.56 Å². The van der Waals surface area contributed by atoms with E-state index in [2.05, 4.69) is 9.97 Å². The molecule has 0 amide bonds. The SMILES string of the molecule is CC(C)c1ccc(S(=O)(=O)c2cnc(N3CCC(=O)CC3)nc2N)cc1. The molecule has 1 aromatic carbocycles. The number of ketones is 1. The van der Waals surface area contributed by atoms with Crippen LogP contribution < -0.4 is 10.6 Å². The van der Waals surface area contributed by atoms with E-state index in [0.29, 0.717) is 37.8 Å². The lowest BCUT2D eigenvalue weighted by atomic mass is 10.0. The zero-order chi connectivity index (χ0) is 18.9. The Balaban J connectivity index is 1.89. The number of carbonyl (C=O) groups is 1.